The first-order valence-corrected chi connectivity index (χ1v) is 6.28. The second-order valence-electron chi connectivity index (χ2n) is 4.39. The molecule has 0 fully saturated rings. The number of methoxy groups -OCH3 is 2. The maximum absolute atomic E-state index is 9.07. The van der Waals surface area contributed by atoms with Crippen LogP contribution in [0.5, 0.6) is 0 Å². The Morgan fingerprint density at radius 1 is 1.42 bits per heavy atom. The average molecular weight is 263 g/mol. The highest BCUT2D eigenvalue weighted by Crippen LogP contribution is 2.11. The molecule has 1 rings (SSSR count). The SMILES string of the molecule is COCCN(Cc1cccnc1C#N)C(C)COC. The smallest absolute Gasteiger partial charge is 0.144 e. The number of nitrogens with zero attached hydrogens (tertiary/aromatic N) is 3. The van der Waals surface area contributed by atoms with Crippen LogP contribution in [0.1, 0.15) is 18.2 Å². The fourth-order valence-electron chi connectivity index (χ4n) is 1.90. The monoisotopic (exact) mass is 263 g/mol. The predicted molar refractivity (Wildman–Crippen MR) is 72.6 cm³/mol. The fourth-order valence-corrected chi connectivity index (χ4v) is 1.90. The van der Waals surface area contributed by atoms with E-state index in [1.807, 2.05) is 12.1 Å². The molecule has 0 aliphatic rings. The number of hydrogen-bond donors (Lipinski definition) is 0. The molecule has 1 atom stereocenters. The lowest BCUT2D eigenvalue weighted by atomic mass is 10.1. The van der Waals surface area contributed by atoms with E-state index in [2.05, 4.69) is 22.9 Å². The largest absolute Gasteiger partial charge is 0.383 e. The van der Waals surface area contributed by atoms with Crippen molar-refractivity contribution in [3.63, 3.8) is 0 Å². The van der Waals surface area contributed by atoms with Gasteiger partial charge in [-0.2, -0.15) is 5.26 Å². The van der Waals surface area contributed by atoms with Crippen molar-refractivity contribution in [3.8, 4) is 6.07 Å². The van der Waals surface area contributed by atoms with Crippen molar-refractivity contribution in [3.05, 3.63) is 29.6 Å². The number of pyridine rings is 1. The van der Waals surface area contributed by atoms with Gasteiger partial charge in [-0.05, 0) is 13.0 Å². The summed E-state index contributed by atoms with van der Waals surface area (Å²) in [5.41, 5.74) is 1.42. The molecule has 0 N–H and O–H groups in total. The van der Waals surface area contributed by atoms with Gasteiger partial charge in [0.1, 0.15) is 11.8 Å². The highest BCUT2D eigenvalue weighted by molar-refractivity contribution is 5.30. The van der Waals surface area contributed by atoms with Crippen LogP contribution in [0.4, 0.5) is 0 Å². The molecule has 0 aliphatic heterocycles. The van der Waals surface area contributed by atoms with Crippen molar-refractivity contribution >= 4 is 0 Å². The van der Waals surface area contributed by atoms with Crippen LogP contribution in [0.2, 0.25) is 0 Å². The Morgan fingerprint density at radius 3 is 2.84 bits per heavy atom. The number of ether oxygens (including phenoxy) is 2. The molecule has 0 aromatic carbocycles. The molecule has 19 heavy (non-hydrogen) atoms. The minimum atomic E-state index is 0.256. The second-order valence-corrected chi connectivity index (χ2v) is 4.39. The van der Waals surface area contributed by atoms with E-state index in [-0.39, 0.29) is 6.04 Å². The van der Waals surface area contributed by atoms with Crippen molar-refractivity contribution in [2.45, 2.75) is 19.5 Å². The summed E-state index contributed by atoms with van der Waals surface area (Å²) in [6.45, 7) is 4.86. The molecule has 0 bridgehead atoms. The molecule has 0 radical (unpaired) electrons. The second kappa shape index (κ2) is 8.59. The Hall–Kier alpha value is -1.48. The van der Waals surface area contributed by atoms with E-state index in [1.165, 1.54) is 0 Å². The predicted octanol–water partition coefficient (Wildman–Crippen LogP) is 1.44. The molecule has 0 amide bonds. The fraction of sp³-hybridized carbons (Fsp3) is 0.571. The van der Waals surface area contributed by atoms with Crippen LogP contribution in [-0.2, 0) is 16.0 Å². The Labute approximate surface area is 114 Å². The van der Waals surface area contributed by atoms with Crippen LogP contribution in [-0.4, -0.2) is 49.9 Å². The van der Waals surface area contributed by atoms with Crippen LogP contribution in [0.25, 0.3) is 0 Å². The van der Waals surface area contributed by atoms with Gasteiger partial charge in [0, 0.05) is 45.1 Å². The molecule has 0 saturated heterocycles. The van der Waals surface area contributed by atoms with Crippen molar-refractivity contribution in [1.29, 1.82) is 5.26 Å². The summed E-state index contributed by atoms with van der Waals surface area (Å²) in [7, 11) is 3.37. The number of nitriles is 1. The molecule has 104 valence electrons. The van der Waals surface area contributed by atoms with Crippen LogP contribution in [0.15, 0.2) is 18.3 Å². The van der Waals surface area contributed by atoms with Crippen molar-refractivity contribution in [2.75, 3.05) is 34.0 Å². The van der Waals surface area contributed by atoms with E-state index in [0.717, 1.165) is 12.1 Å². The molecule has 0 spiro atoms. The summed E-state index contributed by atoms with van der Waals surface area (Å²) < 4.78 is 10.3. The standard InChI is InChI=1S/C14H21N3O2/c1-12(11-19-3)17(7-8-18-2)10-13-5-4-6-16-14(13)9-15/h4-6,12H,7-8,10-11H2,1-3H3. The lowest BCUT2D eigenvalue weighted by Gasteiger charge is -2.28. The third-order valence-corrected chi connectivity index (χ3v) is 2.98. The summed E-state index contributed by atoms with van der Waals surface area (Å²) in [4.78, 5) is 6.31. The van der Waals surface area contributed by atoms with Gasteiger partial charge < -0.3 is 9.47 Å². The van der Waals surface area contributed by atoms with E-state index in [9.17, 15) is 0 Å². The number of aromatic nitrogens is 1. The Kier molecular flexibility index (Phi) is 7.04. The summed E-state index contributed by atoms with van der Waals surface area (Å²) >= 11 is 0. The zero-order valence-corrected chi connectivity index (χ0v) is 11.8. The van der Waals surface area contributed by atoms with E-state index in [0.29, 0.717) is 25.5 Å². The highest BCUT2D eigenvalue weighted by atomic mass is 16.5. The zero-order valence-electron chi connectivity index (χ0n) is 11.8. The molecule has 1 aromatic heterocycles. The van der Waals surface area contributed by atoms with Crippen molar-refractivity contribution < 1.29 is 9.47 Å². The van der Waals surface area contributed by atoms with Crippen LogP contribution >= 0.6 is 0 Å². The van der Waals surface area contributed by atoms with Gasteiger partial charge in [0.05, 0.1) is 13.2 Å². The molecule has 0 saturated carbocycles. The van der Waals surface area contributed by atoms with Crippen LogP contribution in [0.3, 0.4) is 0 Å². The van der Waals surface area contributed by atoms with Gasteiger partial charge in [-0.15, -0.1) is 0 Å². The Morgan fingerprint density at radius 2 is 2.21 bits per heavy atom. The topological polar surface area (TPSA) is 58.4 Å². The summed E-state index contributed by atoms with van der Waals surface area (Å²) in [5, 5.41) is 9.07. The van der Waals surface area contributed by atoms with Gasteiger partial charge in [0.2, 0.25) is 0 Å². The van der Waals surface area contributed by atoms with Crippen molar-refractivity contribution in [2.24, 2.45) is 0 Å². The van der Waals surface area contributed by atoms with Gasteiger partial charge >= 0.3 is 0 Å². The Balaban J connectivity index is 2.78. The van der Waals surface area contributed by atoms with E-state index < -0.39 is 0 Å². The third kappa shape index (κ3) is 4.95. The molecule has 1 unspecified atom stereocenters. The lowest BCUT2D eigenvalue weighted by molar-refractivity contribution is 0.0704. The van der Waals surface area contributed by atoms with Gasteiger partial charge in [-0.1, -0.05) is 6.07 Å². The summed E-state index contributed by atoms with van der Waals surface area (Å²) in [6.07, 6.45) is 1.64. The molecule has 5 heteroatoms. The van der Waals surface area contributed by atoms with E-state index in [4.69, 9.17) is 14.7 Å². The average Bonchev–Trinajstić information content (AvgIpc) is 2.44. The minimum Gasteiger partial charge on any atom is -0.383 e. The molecule has 1 heterocycles. The molecule has 1 aromatic rings. The van der Waals surface area contributed by atoms with Gasteiger partial charge in [0.25, 0.3) is 0 Å². The Bertz CT molecular complexity index is 417. The minimum absolute atomic E-state index is 0.256. The third-order valence-electron chi connectivity index (χ3n) is 2.98. The first kappa shape index (κ1) is 15.6. The van der Waals surface area contributed by atoms with Crippen molar-refractivity contribution in [1.82, 2.24) is 9.88 Å². The summed E-state index contributed by atoms with van der Waals surface area (Å²) in [5.74, 6) is 0. The quantitative estimate of drug-likeness (QED) is 0.710. The maximum Gasteiger partial charge on any atom is 0.144 e. The van der Waals surface area contributed by atoms with Gasteiger partial charge in [-0.3, -0.25) is 4.90 Å². The van der Waals surface area contributed by atoms with Crippen LogP contribution < -0.4 is 0 Å². The summed E-state index contributed by atoms with van der Waals surface area (Å²) in [6, 6.07) is 6.17. The normalized spacial score (nSPS) is 12.4. The highest BCUT2D eigenvalue weighted by Gasteiger charge is 2.15. The first-order chi connectivity index (χ1) is 9.22. The van der Waals surface area contributed by atoms with Crippen LogP contribution in [0, 0.1) is 11.3 Å². The van der Waals surface area contributed by atoms with Gasteiger partial charge in [-0.25, -0.2) is 4.98 Å². The number of rotatable bonds is 8. The molecular formula is C14H21N3O2. The maximum atomic E-state index is 9.07. The number of hydrogen-bond acceptors (Lipinski definition) is 5. The van der Waals surface area contributed by atoms with E-state index in [1.54, 1.807) is 20.4 Å². The first-order valence-electron chi connectivity index (χ1n) is 6.28. The molecule has 0 aliphatic carbocycles. The van der Waals surface area contributed by atoms with Gasteiger partial charge in [0.15, 0.2) is 0 Å². The molecular weight excluding hydrogens is 242 g/mol. The lowest BCUT2D eigenvalue weighted by Crippen LogP contribution is -2.38. The zero-order chi connectivity index (χ0) is 14.1. The molecule has 5 nitrogen and oxygen atoms in total. The van der Waals surface area contributed by atoms with E-state index >= 15 is 0 Å².